The van der Waals surface area contributed by atoms with Crippen molar-refractivity contribution >= 4 is 0 Å². The van der Waals surface area contributed by atoms with E-state index in [9.17, 15) is 0 Å². The largest absolute Gasteiger partial charge is 0.310 e. The molecule has 1 aliphatic carbocycles. The molecule has 17 heavy (non-hydrogen) atoms. The predicted octanol–water partition coefficient (Wildman–Crippen LogP) is 3.03. The Morgan fingerprint density at radius 1 is 1.24 bits per heavy atom. The molecule has 1 saturated carbocycles. The van der Waals surface area contributed by atoms with Gasteiger partial charge in [-0.05, 0) is 57.5 Å². The van der Waals surface area contributed by atoms with E-state index in [0.717, 1.165) is 5.92 Å². The lowest BCUT2D eigenvalue weighted by atomic mass is 9.91. The molecule has 2 nitrogen and oxygen atoms in total. The Morgan fingerprint density at radius 3 is 2.59 bits per heavy atom. The molecular weight excluding hydrogens is 208 g/mol. The standard InChI is InChI=1S/C15H30N2/c1-3-8-15(9-5-10-16-15)13-17(11-4-2)12-14-6-7-14/h14,16H,3-13H2,1-2H3. The number of hydrogen-bond donors (Lipinski definition) is 1. The molecule has 1 atom stereocenters. The molecule has 0 aromatic carbocycles. The monoisotopic (exact) mass is 238 g/mol. The SMILES string of the molecule is CCCN(CC1CC1)CC1(CCC)CCCN1. The van der Waals surface area contributed by atoms with Gasteiger partial charge in [-0.2, -0.15) is 0 Å². The first-order valence-electron chi connectivity index (χ1n) is 7.75. The maximum absolute atomic E-state index is 3.81. The molecule has 1 aliphatic heterocycles. The van der Waals surface area contributed by atoms with E-state index in [1.807, 2.05) is 0 Å². The summed E-state index contributed by atoms with van der Waals surface area (Å²) in [6.07, 6.45) is 9.71. The minimum Gasteiger partial charge on any atom is -0.310 e. The third-order valence-corrected chi connectivity index (χ3v) is 4.34. The van der Waals surface area contributed by atoms with E-state index in [1.54, 1.807) is 0 Å². The van der Waals surface area contributed by atoms with Crippen LogP contribution in [0.3, 0.4) is 0 Å². The summed E-state index contributed by atoms with van der Waals surface area (Å²) in [6.45, 7) is 9.83. The van der Waals surface area contributed by atoms with Gasteiger partial charge in [-0.1, -0.05) is 20.3 Å². The van der Waals surface area contributed by atoms with Crippen LogP contribution >= 0.6 is 0 Å². The summed E-state index contributed by atoms with van der Waals surface area (Å²) in [5.74, 6) is 1.03. The van der Waals surface area contributed by atoms with Crippen molar-refractivity contribution in [3.05, 3.63) is 0 Å². The zero-order valence-corrected chi connectivity index (χ0v) is 11.8. The summed E-state index contributed by atoms with van der Waals surface area (Å²) in [5, 5.41) is 3.81. The number of rotatable bonds is 8. The van der Waals surface area contributed by atoms with E-state index in [0.29, 0.717) is 5.54 Å². The maximum Gasteiger partial charge on any atom is 0.0309 e. The van der Waals surface area contributed by atoms with Gasteiger partial charge in [-0.3, -0.25) is 0 Å². The first-order chi connectivity index (χ1) is 8.28. The molecule has 0 radical (unpaired) electrons. The molecule has 2 rings (SSSR count). The summed E-state index contributed by atoms with van der Waals surface area (Å²) in [7, 11) is 0. The van der Waals surface area contributed by atoms with Gasteiger partial charge in [-0.25, -0.2) is 0 Å². The first kappa shape index (κ1) is 13.4. The second-order valence-electron chi connectivity index (χ2n) is 6.24. The highest BCUT2D eigenvalue weighted by Crippen LogP contribution is 2.32. The van der Waals surface area contributed by atoms with E-state index < -0.39 is 0 Å². The quantitative estimate of drug-likeness (QED) is 0.699. The molecule has 0 aromatic heterocycles. The Balaban J connectivity index is 1.87. The number of nitrogens with one attached hydrogen (secondary N) is 1. The number of hydrogen-bond acceptors (Lipinski definition) is 2. The minimum atomic E-state index is 0.457. The zero-order valence-electron chi connectivity index (χ0n) is 11.8. The van der Waals surface area contributed by atoms with Gasteiger partial charge in [0.15, 0.2) is 0 Å². The van der Waals surface area contributed by atoms with E-state index in [1.165, 1.54) is 71.1 Å². The fraction of sp³-hybridized carbons (Fsp3) is 1.00. The lowest BCUT2D eigenvalue weighted by molar-refractivity contribution is 0.177. The average Bonchev–Trinajstić information content (AvgIpc) is 2.99. The second-order valence-corrected chi connectivity index (χ2v) is 6.24. The number of nitrogens with zero attached hydrogens (tertiary/aromatic N) is 1. The van der Waals surface area contributed by atoms with Crippen LogP contribution in [0.25, 0.3) is 0 Å². The van der Waals surface area contributed by atoms with Crippen molar-refractivity contribution in [3.8, 4) is 0 Å². The van der Waals surface area contributed by atoms with Gasteiger partial charge in [0.05, 0.1) is 0 Å². The average molecular weight is 238 g/mol. The van der Waals surface area contributed by atoms with E-state index in [4.69, 9.17) is 0 Å². The third-order valence-electron chi connectivity index (χ3n) is 4.34. The summed E-state index contributed by atoms with van der Waals surface area (Å²) in [5.41, 5.74) is 0.457. The Hall–Kier alpha value is -0.0800. The van der Waals surface area contributed by atoms with Gasteiger partial charge in [0.1, 0.15) is 0 Å². The Kier molecular flexibility index (Phi) is 4.87. The van der Waals surface area contributed by atoms with Crippen LogP contribution in [-0.2, 0) is 0 Å². The summed E-state index contributed by atoms with van der Waals surface area (Å²) in [4.78, 5) is 2.74. The highest BCUT2D eigenvalue weighted by molar-refractivity contribution is 4.95. The first-order valence-corrected chi connectivity index (χ1v) is 7.75. The van der Waals surface area contributed by atoms with Crippen LogP contribution in [0.1, 0.15) is 58.8 Å². The third kappa shape index (κ3) is 3.96. The van der Waals surface area contributed by atoms with Gasteiger partial charge in [0.2, 0.25) is 0 Å². The van der Waals surface area contributed by atoms with Gasteiger partial charge >= 0.3 is 0 Å². The van der Waals surface area contributed by atoms with Crippen LogP contribution in [0.4, 0.5) is 0 Å². The van der Waals surface area contributed by atoms with Crippen LogP contribution in [0, 0.1) is 5.92 Å². The molecule has 2 heteroatoms. The Labute approximate surface area is 107 Å². The van der Waals surface area contributed by atoms with Crippen LogP contribution < -0.4 is 5.32 Å². The fourth-order valence-electron chi connectivity index (χ4n) is 3.42. The van der Waals surface area contributed by atoms with Crippen LogP contribution in [-0.4, -0.2) is 36.6 Å². The highest BCUT2D eigenvalue weighted by atomic mass is 15.2. The summed E-state index contributed by atoms with van der Waals surface area (Å²) < 4.78 is 0. The molecule has 1 N–H and O–H groups in total. The highest BCUT2D eigenvalue weighted by Gasteiger charge is 2.35. The fourth-order valence-corrected chi connectivity index (χ4v) is 3.42. The van der Waals surface area contributed by atoms with Crippen molar-refractivity contribution in [2.45, 2.75) is 64.3 Å². The van der Waals surface area contributed by atoms with Gasteiger partial charge in [0.25, 0.3) is 0 Å². The summed E-state index contributed by atoms with van der Waals surface area (Å²) >= 11 is 0. The van der Waals surface area contributed by atoms with E-state index in [2.05, 4.69) is 24.1 Å². The molecule has 100 valence electrons. The van der Waals surface area contributed by atoms with Crippen molar-refractivity contribution in [2.75, 3.05) is 26.2 Å². The molecule has 0 aromatic rings. The topological polar surface area (TPSA) is 15.3 Å². The van der Waals surface area contributed by atoms with Crippen LogP contribution in [0.2, 0.25) is 0 Å². The molecule has 0 amide bonds. The maximum atomic E-state index is 3.81. The lowest BCUT2D eigenvalue weighted by Gasteiger charge is -2.36. The van der Waals surface area contributed by atoms with Crippen molar-refractivity contribution in [3.63, 3.8) is 0 Å². The molecule has 2 aliphatic rings. The predicted molar refractivity (Wildman–Crippen MR) is 74.3 cm³/mol. The molecule has 0 bridgehead atoms. The summed E-state index contributed by atoms with van der Waals surface area (Å²) in [6, 6.07) is 0. The molecule has 1 unspecified atom stereocenters. The normalized spacial score (nSPS) is 29.1. The molecule has 1 heterocycles. The van der Waals surface area contributed by atoms with Crippen LogP contribution in [0.15, 0.2) is 0 Å². The smallest absolute Gasteiger partial charge is 0.0309 e. The molecule has 0 spiro atoms. The molecule has 1 saturated heterocycles. The van der Waals surface area contributed by atoms with Crippen LogP contribution in [0.5, 0.6) is 0 Å². The van der Waals surface area contributed by atoms with Gasteiger partial charge in [-0.15, -0.1) is 0 Å². The van der Waals surface area contributed by atoms with Crippen molar-refractivity contribution in [1.82, 2.24) is 10.2 Å². The van der Waals surface area contributed by atoms with Crippen molar-refractivity contribution < 1.29 is 0 Å². The van der Waals surface area contributed by atoms with Gasteiger partial charge < -0.3 is 10.2 Å². The minimum absolute atomic E-state index is 0.457. The zero-order chi connectivity index (χ0) is 12.1. The van der Waals surface area contributed by atoms with Gasteiger partial charge in [0, 0.05) is 18.6 Å². The second kappa shape index (κ2) is 6.19. The van der Waals surface area contributed by atoms with E-state index in [-0.39, 0.29) is 0 Å². The molecule has 2 fully saturated rings. The lowest BCUT2D eigenvalue weighted by Crippen LogP contribution is -2.50. The van der Waals surface area contributed by atoms with Crippen molar-refractivity contribution in [1.29, 1.82) is 0 Å². The van der Waals surface area contributed by atoms with Crippen molar-refractivity contribution in [2.24, 2.45) is 5.92 Å². The molecular formula is C15H30N2. The Morgan fingerprint density at radius 2 is 2.06 bits per heavy atom. The van der Waals surface area contributed by atoms with E-state index >= 15 is 0 Å². The Bertz CT molecular complexity index is 217.